The summed E-state index contributed by atoms with van der Waals surface area (Å²) >= 11 is 0. The first-order valence-corrected chi connectivity index (χ1v) is 5.14. The number of hydrogen-bond acceptors (Lipinski definition) is 5. The lowest BCUT2D eigenvalue weighted by Gasteiger charge is -2.12. The quantitative estimate of drug-likeness (QED) is 0.700. The molecule has 5 heteroatoms. The minimum Gasteiger partial charge on any atom is -0.490 e. The molecule has 0 saturated carbocycles. The van der Waals surface area contributed by atoms with E-state index in [0.717, 1.165) is 25.2 Å². The van der Waals surface area contributed by atoms with Crippen molar-refractivity contribution in [2.75, 3.05) is 31.3 Å². The second-order valence-corrected chi connectivity index (χ2v) is 3.13. The van der Waals surface area contributed by atoms with Crippen LogP contribution in [0.3, 0.4) is 0 Å². The molecule has 0 amide bonds. The zero-order chi connectivity index (χ0) is 11.1. The normalized spacial score (nSPS) is 9.80. The van der Waals surface area contributed by atoms with Crippen LogP contribution in [0.1, 0.15) is 19.8 Å². The largest absolute Gasteiger partial charge is 0.490 e. The van der Waals surface area contributed by atoms with Crippen LogP contribution in [0.5, 0.6) is 5.75 Å². The predicted octanol–water partition coefficient (Wildman–Crippen LogP) is 1.74. The smallest absolute Gasteiger partial charge is 0.204 e. The zero-order valence-electron chi connectivity index (χ0n) is 9.50. The van der Waals surface area contributed by atoms with Gasteiger partial charge in [-0.2, -0.15) is 0 Å². The zero-order valence-corrected chi connectivity index (χ0v) is 9.50. The first-order valence-electron chi connectivity index (χ1n) is 5.14. The summed E-state index contributed by atoms with van der Waals surface area (Å²) in [5.41, 5.74) is 0. The molecule has 0 aliphatic rings. The molecule has 0 radical (unpaired) electrons. The van der Waals surface area contributed by atoms with Crippen LogP contribution in [0.15, 0.2) is 6.33 Å². The number of rotatable bonds is 6. The second-order valence-electron chi connectivity index (χ2n) is 3.13. The van der Waals surface area contributed by atoms with Gasteiger partial charge >= 0.3 is 0 Å². The van der Waals surface area contributed by atoms with Gasteiger partial charge in [0.25, 0.3) is 0 Å². The summed E-state index contributed by atoms with van der Waals surface area (Å²) in [7, 11) is 3.42. The minimum absolute atomic E-state index is 0.663. The molecule has 0 atom stereocenters. The van der Waals surface area contributed by atoms with Gasteiger partial charge in [-0.3, -0.25) is 0 Å². The van der Waals surface area contributed by atoms with Crippen LogP contribution in [0.25, 0.3) is 0 Å². The van der Waals surface area contributed by atoms with Crippen molar-refractivity contribution in [2.45, 2.75) is 19.8 Å². The second kappa shape index (κ2) is 6.06. The number of aromatic nitrogens is 2. The summed E-state index contributed by atoms with van der Waals surface area (Å²) in [4.78, 5) is 8.21. The molecule has 1 rings (SSSR count). The Morgan fingerprint density at radius 3 is 2.67 bits per heavy atom. The minimum atomic E-state index is 0.663. The van der Waals surface area contributed by atoms with Gasteiger partial charge in [0.05, 0.1) is 7.11 Å². The van der Waals surface area contributed by atoms with E-state index in [2.05, 4.69) is 27.5 Å². The van der Waals surface area contributed by atoms with Crippen LogP contribution in [0.4, 0.5) is 11.6 Å². The third kappa shape index (κ3) is 2.97. The highest BCUT2D eigenvalue weighted by Crippen LogP contribution is 2.28. The number of anilines is 2. The van der Waals surface area contributed by atoms with E-state index in [4.69, 9.17) is 4.74 Å². The molecule has 1 heterocycles. The van der Waals surface area contributed by atoms with Crippen LogP contribution in [0, 0.1) is 0 Å². The summed E-state index contributed by atoms with van der Waals surface area (Å²) < 4.78 is 5.25. The molecular formula is C10H18N4O. The number of nitrogens with zero attached hydrogens (tertiary/aromatic N) is 2. The number of ether oxygens (including phenoxy) is 1. The van der Waals surface area contributed by atoms with Gasteiger partial charge in [0.2, 0.25) is 5.75 Å². The van der Waals surface area contributed by atoms with E-state index in [9.17, 15) is 0 Å². The van der Waals surface area contributed by atoms with Gasteiger partial charge in [0.15, 0.2) is 11.6 Å². The van der Waals surface area contributed by atoms with Gasteiger partial charge < -0.3 is 15.4 Å². The molecule has 84 valence electrons. The highest BCUT2D eigenvalue weighted by Gasteiger charge is 2.09. The molecule has 2 N–H and O–H groups in total. The number of unbranched alkanes of at least 4 members (excludes halogenated alkanes) is 1. The van der Waals surface area contributed by atoms with Crippen LogP contribution in [-0.4, -0.2) is 30.7 Å². The molecule has 0 spiro atoms. The summed E-state index contributed by atoms with van der Waals surface area (Å²) in [6, 6.07) is 0. The van der Waals surface area contributed by atoms with E-state index in [1.165, 1.54) is 6.33 Å². The molecule has 1 aromatic rings. The lowest BCUT2D eigenvalue weighted by atomic mass is 10.3. The van der Waals surface area contributed by atoms with Gasteiger partial charge in [-0.05, 0) is 6.42 Å². The maximum absolute atomic E-state index is 5.25. The monoisotopic (exact) mass is 210 g/mol. The lowest BCUT2D eigenvalue weighted by molar-refractivity contribution is 0.415. The van der Waals surface area contributed by atoms with Gasteiger partial charge in [-0.1, -0.05) is 13.3 Å². The Balaban J connectivity index is 2.76. The maximum atomic E-state index is 5.25. The highest BCUT2D eigenvalue weighted by molar-refractivity contribution is 5.63. The van der Waals surface area contributed by atoms with Gasteiger partial charge in [-0.15, -0.1) is 0 Å². The van der Waals surface area contributed by atoms with Gasteiger partial charge in [-0.25, -0.2) is 9.97 Å². The van der Waals surface area contributed by atoms with E-state index in [1.54, 1.807) is 14.2 Å². The molecule has 0 aliphatic heterocycles. The lowest BCUT2D eigenvalue weighted by Crippen LogP contribution is -2.07. The molecule has 0 bridgehead atoms. The number of hydrogen-bond donors (Lipinski definition) is 2. The van der Waals surface area contributed by atoms with Crippen molar-refractivity contribution in [2.24, 2.45) is 0 Å². The van der Waals surface area contributed by atoms with Crippen molar-refractivity contribution < 1.29 is 4.74 Å². The molecule has 15 heavy (non-hydrogen) atoms. The summed E-state index contributed by atoms with van der Waals surface area (Å²) in [6.45, 7) is 3.05. The van der Waals surface area contributed by atoms with Crippen molar-refractivity contribution in [3.8, 4) is 5.75 Å². The van der Waals surface area contributed by atoms with Gasteiger partial charge in [0, 0.05) is 13.6 Å². The average Bonchev–Trinajstić information content (AvgIpc) is 2.29. The molecular weight excluding hydrogens is 192 g/mol. The van der Waals surface area contributed by atoms with Crippen molar-refractivity contribution in [3.05, 3.63) is 6.33 Å². The van der Waals surface area contributed by atoms with Crippen molar-refractivity contribution >= 4 is 11.6 Å². The summed E-state index contributed by atoms with van der Waals surface area (Å²) in [5.74, 6) is 2.10. The predicted molar refractivity (Wildman–Crippen MR) is 61.5 cm³/mol. The van der Waals surface area contributed by atoms with E-state index in [1.807, 2.05) is 0 Å². The van der Waals surface area contributed by atoms with Crippen LogP contribution in [-0.2, 0) is 0 Å². The van der Waals surface area contributed by atoms with E-state index < -0.39 is 0 Å². The Hall–Kier alpha value is -1.52. The average molecular weight is 210 g/mol. The fraction of sp³-hybridized carbons (Fsp3) is 0.600. The van der Waals surface area contributed by atoms with Crippen LogP contribution in [0.2, 0.25) is 0 Å². The Morgan fingerprint density at radius 1 is 1.33 bits per heavy atom. The van der Waals surface area contributed by atoms with Crippen molar-refractivity contribution in [3.63, 3.8) is 0 Å². The maximum Gasteiger partial charge on any atom is 0.204 e. The molecule has 0 unspecified atom stereocenters. The van der Waals surface area contributed by atoms with E-state index >= 15 is 0 Å². The molecule has 0 fully saturated rings. The Morgan fingerprint density at radius 2 is 2.07 bits per heavy atom. The van der Waals surface area contributed by atoms with E-state index in [0.29, 0.717) is 11.6 Å². The van der Waals surface area contributed by atoms with Crippen molar-refractivity contribution in [1.82, 2.24) is 9.97 Å². The van der Waals surface area contributed by atoms with Crippen LogP contribution < -0.4 is 15.4 Å². The highest BCUT2D eigenvalue weighted by atomic mass is 16.5. The van der Waals surface area contributed by atoms with Crippen LogP contribution >= 0.6 is 0 Å². The standard InChI is InChI=1S/C10H18N4O/c1-4-5-6-12-10-8(15-3)9(11-2)13-7-14-10/h7H,4-6H2,1-3H3,(H2,11,12,13,14). The molecule has 0 aliphatic carbocycles. The SMILES string of the molecule is CCCCNc1ncnc(NC)c1OC. The molecule has 5 nitrogen and oxygen atoms in total. The summed E-state index contributed by atoms with van der Waals surface area (Å²) in [5, 5.41) is 6.18. The Labute approximate surface area is 90.3 Å². The Bertz CT molecular complexity index is 303. The molecule has 1 aromatic heterocycles. The first kappa shape index (κ1) is 11.6. The number of nitrogens with one attached hydrogen (secondary N) is 2. The van der Waals surface area contributed by atoms with Gasteiger partial charge in [0.1, 0.15) is 6.33 Å². The number of methoxy groups -OCH3 is 1. The topological polar surface area (TPSA) is 59.1 Å². The molecule has 0 saturated heterocycles. The van der Waals surface area contributed by atoms with E-state index in [-0.39, 0.29) is 0 Å². The first-order chi connectivity index (χ1) is 7.33. The fourth-order valence-corrected chi connectivity index (χ4v) is 1.25. The third-order valence-corrected chi connectivity index (χ3v) is 2.07. The third-order valence-electron chi connectivity index (χ3n) is 2.07. The summed E-state index contributed by atoms with van der Waals surface area (Å²) in [6.07, 6.45) is 3.78. The molecule has 0 aromatic carbocycles. The Kier molecular flexibility index (Phi) is 4.66. The van der Waals surface area contributed by atoms with Crippen molar-refractivity contribution in [1.29, 1.82) is 0 Å². The fourth-order valence-electron chi connectivity index (χ4n) is 1.25.